The number of carbonyl (C=O) groups is 2. The Morgan fingerprint density at radius 3 is 2.50 bits per heavy atom. The third kappa shape index (κ3) is 3.62. The maximum Gasteiger partial charge on any atom is 0.253 e. The van der Waals surface area contributed by atoms with Crippen LogP contribution in [0.2, 0.25) is 0 Å². The highest BCUT2D eigenvalue weighted by Crippen LogP contribution is 2.36. The molecule has 1 N–H and O–H groups in total. The van der Waals surface area contributed by atoms with Gasteiger partial charge in [-0.15, -0.1) is 0 Å². The molecule has 1 aliphatic heterocycles. The number of nitrogens with one attached hydrogen (secondary N) is 1. The van der Waals surface area contributed by atoms with E-state index in [0.717, 1.165) is 16.6 Å². The van der Waals surface area contributed by atoms with Crippen LogP contribution in [0.1, 0.15) is 18.0 Å². The third-order valence-corrected chi connectivity index (χ3v) is 5.67. The molecule has 5 rings (SSSR count). The van der Waals surface area contributed by atoms with Gasteiger partial charge in [-0.1, -0.05) is 54.6 Å². The molecule has 0 bridgehead atoms. The number of halogens is 1. The molecule has 1 aromatic heterocycles. The summed E-state index contributed by atoms with van der Waals surface area (Å²) in [7, 11) is 0. The van der Waals surface area contributed by atoms with Gasteiger partial charge in [0.05, 0.1) is 23.1 Å². The number of para-hydroxylation sites is 3. The van der Waals surface area contributed by atoms with Gasteiger partial charge in [0.25, 0.3) is 5.91 Å². The molecule has 1 unspecified atom stereocenters. The second-order valence-corrected chi connectivity index (χ2v) is 7.74. The average Bonchev–Trinajstić information content (AvgIpc) is 3.29. The quantitative estimate of drug-likeness (QED) is 0.497. The molecular formula is C25H21FN4O2. The Kier molecular flexibility index (Phi) is 5.15. The van der Waals surface area contributed by atoms with Crippen molar-refractivity contribution < 1.29 is 14.0 Å². The van der Waals surface area contributed by atoms with Gasteiger partial charge >= 0.3 is 0 Å². The zero-order valence-corrected chi connectivity index (χ0v) is 17.2. The van der Waals surface area contributed by atoms with Crippen LogP contribution in [0.3, 0.4) is 0 Å². The van der Waals surface area contributed by atoms with Gasteiger partial charge in [0.15, 0.2) is 0 Å². The fourth-order valence-electron chi connectivity index (χ4n) is 4.13. The Morgan fingerprint density at radius 1 is 0.969 bits per heavy atom. The number of imidazole rings is 1. The molecule has 2 amide bonds. The minimum atomic E-state index is -0.736. The highest BCUT2D eigenvalue weighted by molar-refractivity contribution is 6.05. The summed E-state index contributed by atoms with van der Waals surface area (Å²) in [5.74, 6) is -0.590. The van der Waals surface area contributed by atoms with E-state index >= 15 is 0 Å². The molecular weight excluding hydrogens is 407 g/mol. The summed E-state index contributed by atoms with van der Waals surface area (Å²) >= 11 is 0. The van der Waals surface area contributed by atoms with E-state index in [1.54, 1.807) is 17.0 Å². The van der Waals surface area contributed by atoms with Crippen LogP contribution in [-0.2, 0) is 16.0 Å². The van der Waals surface area contributed by atoms with Crippen LogP contribution >= 0.6 is 0 Å². The van der Waals surface area contributed by atoms with E-state index in [9.17, 15) is 14.0 Å². The fraction of sp³-hybridized carbons (Fsp3) is 0.160. The van der Waals surface area contributed by atoms with E-state index in [4.69, 9.17) is 0 Å². The molecule has 7 heteroatoms. The molecule has 160 valence electrons. The van der Waals surface area contributed by atoms with Crippen LogP contribution in [0.4, 0.5) is 16.0 Å². The first-order chi connectivity index (χ1) is 15.6. The van der Waals surface area contributed by atoms with Crippen molar-refractivity contribution in [3.63, 3.8) is 0 Å². The molecule has 0 saturated heterocycles. The van der Waals surface area contributed by atoms with E-state index in [-0.39, 0.29) is 18.0 Å². The monoisotopic (exact) mass is 428 g/mol. The van der Waals surface area contributed by atoms with E-state index in [1.807, 2.05) is 59.2 Å². The summed E-state index contributed by atoms with van der Waals surface area (Å²) in [5.41, 5.74) is 2.77. The highest BCUT2D eigenvalue weighted by atomic mass is 19.1. The smallest absolute Gasteiger partial charge is 0.253 e. The van der Waals surface area contributed by atoms with E-state index in [1.165, 1.54) is 12.1 Å². The zero-order valence-electron chi connectivity index (χ0n) is 17.2. The molecule has 1 atom stereocenters. The molecule has 6 nitrogen and oxygen atoms in total. The molecule has 0 saturated carbocycles. The topological polar surface area (TPSA) is 67.2 Å². The van der Waals surface area contributed by atoms with Gasteiger partial charge in [-0.05, 0) is 36.2 Å². The minimum Gasteiger partial charge on any atom is -0.324 e. The second-order valence-electron chi connectivity index (χ2n) is 7.74. The normalized spacial score (nSPS) is 15.2. The molecule has 0 fully saturated rings. The molecule has 32 heavy (non-hydrogen) atoms. The SMILES string of the molecule is O=C(CC1C(=O)N(CCc2ccccc2)c2nc3ccccc3n21)Nc1ccccc1F. The van der Waals surface area contributed by atoms with Crippen molar-refractivity contribution in [1.82, 2.24) is 9.55 Å². The van der Waals surface area contributed by atoms with Crippen molar-refractivity contribution in [2.45, 2.75) is 18.9 Å². The number of nitrogens with zero attached hydrogens (tertiary/aromatic N) is 3. The number of anilines is 2. The fourth-order valence-corrected chi connectivity index (χ4v) is 4.13. The van der Waals surface area contributed by atoms with Gasteiger partial charge in [-0.2, -0.15) is 0 Å². The maximum absolute atomic E-state index is 14.0. The highest BCUT2D eigenvalue weighted by Gasteiger charge is 2.40. The number of rotatable bonds is 6. The lowest BCUT2D eigenvalue weighted by atomic mass is 10.1. The summed E-state index contributed by atoms with van der Waals surface area (Å²) in [6.07, 6.45) is 0.562. The maximum atomic E-state index is 14.0. The van der Waals surface area contributed by atoms with Crippen LogP contribution in [0.5, 0.6) is 0 Å². The predicted octanol–water partition coefficient (Wildman–Crippen LogP) is 4.33. The lowest BCUT2D eigenvalue weighted by Crippen LogP contribution is -2.33. The van der Waals surface area contributed by atoms with Crippen molar-refractivity contribution in [3.05, 3.63) is 90.2 Å². The Balaban J connectivity index is 1.43. The molecule has 0 radical (unpaired) electrons. The lowest BCUT2D eigenvalue weighted by Gasteiger charge is -2.16. The van der Waals surface area contributed by atoms with Crippen LogP contribution in [0, 0.1) is 5.82 Å². The Labute approximate surface area is 184 Å². The summed E-state index contributed by atoms with van der Waals surface area (Å²) in [6, 6.07) is 22.7. The number of aromatic nitrogens is 2. The Morgan fingerprint density at radius 2 is 1.69 bits per heavy atom. The minimum absolute atomic E-state index is 0.0968. The van der Waals surface area contributed by atoms with Gasteiger partial charge in [0.2, 0.25) is 11.9 Å². The first kappa shape index (κ1) is 19.9. The van der Waals surface area contributed by atoms with Crippen LogP contribution in [0.25, 0.3) is 11.0 Å². The van der Waals surface area contributed by atoms with Gasteiger partial charge < -0.3 is 5.32 Å². The number of benzene rings is 3. The number of carbonyl (C=O) groups excluding carboxylic acids is 2. The predicted molar refractivity (Wildman–Crippen MR) is 121 cm³/mol. The number of fused-ring (bicyclic) bond motifs is 3. The van der Waals surface area contributed by atoms with Crippen molar-refractivity contribution in [1.29, 1.82) is 0 Å². The first-order valence-electron chi connectivity index (χ1n) is 10.5. The lowest BCUT2D eigenvalue weighted by molar-refractivity contribution is -0.124. The zero-order chi connectivity index (χ0) is 22.1. The van der Waals surface area contributed by atoms with E-state index in [2.05, 4.69) is 10.3 Å². The van der Waals surface area contributed by atoms with Crippen LogP contribution < -0.4 is 10.2 Å². The van der Waals surface area contributed by atoms with Gasteiger partial charge in [0, 0.05) is 6.54 Å². The number of hydrogen-bond donors (Lipinski definition) is 1. The van der Waals surface area contributed by atoms with Crippen LogP contribution in [0.15, 0.2) is 78.9 Å². The van der Waals surface area contributed by atoms with Crippen molar-refractivity contribution in [2.24, 2.45) is 0 Å². The molecule has 3 aromatic carbocycles. The van der Waals surface area contributed by atoms with Crippen molar-refractivity contribution in [2.75, 3.05) is 16.8 Å². The van der Waals surface area contributed by atoms with Gasteiger partial charge in [0.1, 0.15) is 11.9 Å². The van der Waals surface area contributed by atoms with E-state index < -0.39 is 17.8 Å². The molecule has 0 aliphatic carbocycles. The summed E-state index contributed by atoms with van der Waals surface area (Å²) in [4.78, 5) is 32.4. The molecule has 2 heterocycles. The third-order valence-electron chi connectivity index (χ3n) is 5.67. The number of amides is 2. The van der Waals surface area contributed by atoms with Crippen molar-refractivity contribution >= 4 is 34.5 Å². The summed E-state index contributed by atoms with van der Waals surface area (Å²) in [5, 5.41) is 2.58. The number of hydrogen-bond acceptors (Lipinski definition) is 3. The molecule has 4 aromatic rings. The van der Waals surface area contributed by atoms with Gasteiger partial charge in [-0.25, -0.2) is 9.37 Å². The van der Waals surface area contributed by atoms with Crippen molar-refractivity contribution in [3.8, 4) is 0 Å². The summed E-state index contributed by atoms with van der Waals surface area (Å²) in [6.45, 7) is 0.456. The largest absolute Gasteiger partial charge is 0.324 e. The Hall–Kier alpha value is -4.00. The second kappa shape index (κ2) is 8.26. The van der Waals surface area contributed by atoms with Crippen LogP contribution in [-0.4, -0.2) is 27.9 Å². The molecule has 0 spiro atoms. The molecule has 1 aliphatic rings. The average molecular weight is 428 g/mol. The Bertz CT molecular complexity index is 1300. The van der Waals surface area contributed by atoms with Gasteiger partial charge in [-0.3, -0.25) is 19.1 Å². The van der Waals surface area contributed by atoms with E-state index in [0.29, 0.717) is 18.9 Å². The standard InChI is InChI=1S/C25H21FN4O2/c26-18-10-4-5-11-19(18)27-23(31)16-22-24(32)29(15-14-17-8-2-1-3-9-17)25-28-20-12-6-7-13-21(20)30(22)25/h1-13,22H,14-16H2,(H,27,31). The summed E-state index contributed by atoms with van der Waals surface area (Å²) < 4.78 is 15.8. The first-order valence-corrected chi connectivity index (χ1v) is 10.5.